The molecule has 6 nitrogen and oxygen atoms in total. The van der Waals surface area contributed by atoms with Crippen molar-refractivity contribution >= 4 is 40.3 Å². The molecule has 1 aliphatic heterocycles. The number of nitrogens with zero attached hydrogens (tertiary/aromatic N) is 2. The van der Waals surface area contributed by atoms with Crippen molar-refractivity contribution in [3.05, 3.63) is 112 Å². The number of hydrogen-bond acceptors (Lipinski definition) is 6. The Kier molecular flexibility index (Phi) is 7.66. The number of anilines is 1. The van der Waals surface area contributed by atoms with Crippen LogP contribution in [0.4, 0.5) is 5.69 Å². The lowest BCUT2D eigenvalue weighted by Gasteiger charge is -2.27. The van der Waals surface area contributed by atoms with Gasteiger partial charge in [0.15, 0.2) is 4.80 Å². The number of benzene rings is 2. The van der Waals surface area contributed by atoms with Gasteiger partial charge in [0.2, 0.25) is 0 Å². The molecule has 2 N–H and O–H groups in total. The Morgan fingerprint density at radius 3 is 2.21 bits per heavy atom. The van der Waals surface area contributed by atoms with E-state index in [0.717, 1.165) is 32.8 Å². The lowest BCUT2D eigenvalue weighted by Crippen LogP contribution is -2.40. The fourth-order valence-electron chi connectivity index (χ4n) is 5.27. The second-order valence-corrected chi connectivity index (χ2v) is 14.8. The first-order chi connectivity index (χ1) is 19.7. The van der Waals surface area contributed by atoms with Gasteiger partial charge in [-0.2, -0.15) is 0 Å². The number of carbonyl (C=O) groups excluding carboxylic acids is 1. The monoisotopic (exact) mass is 599 g/mol. The van der Waals surface area contributed by atoms with E-state index in [4.69, 9.17) is 4.99 Å². The second kappa shape index (κ2) is 10.8. The first-order valence-electron chi connectivity index (χ1n) is 14.0. The molecule has 2 aromatic carbocycles. The Hall–Kier alpha value is -3.75. The lowest BCUT2D eigenvalue weighted by molar-refractivity contribution is -0.113. The van der Waals surface area contributed by atoms with Crippen molar-refractivity contribution in [1.29, 1.82) is 0 Å². The molecular formula is C34H37N3O3S2. The van der Waals surface area contributed by atoms with Crippen molar-refractivity contribution < 1.29 is 9.90 Å². The van der Waals surface area contributed by atoms with E-state index in [1.54, 1.807) is 4.57 Å². The van der Waals surface area contributed by atoms with Crippen LogP contribution in [0, 0.1) is 6.92 Å². The lowest BCUT2D eigenvalue weighted by atomic mass is 9.78. The standard InChI is InChI=1S/C34H37N3O3S2/c1-19-12-9-10-13-24(19)36-30(39)27-20(2)35-32-37(28(27)25-14-11-15-41-25)31(40)26(42-32)18-21-16-22(33(3,4)5)29(38)23(17-21)34(6,7)8/h9-18,28,38H,1-8H3,(H,36,39)/b26-18+. The highest BCUT2D eigenvalue weighted by Gasteiger charge is 2.33. The average Bonchev–Trinajstić information content (AvgIpc) is 3.52. The molecule has 218 valence electrons. The third-order valence-corrected chi connectivity index (χ3v) is 9.43. The van der Waals surface area contributed by atoms with E-state index in [2.05, 4.69) is 46.9 Å². The predicted molar refractivity (Wildman–Crippen MR) is 173 cm³/mol. The molecule has 1 aliphatic rings. The number of thiophene rings is 1. The van der Waals surface area contributed by atoms with Gasteiger partial charge in [-0.3, -0.25) is 14.2 Å². The smallest absolute Gasteiger partial charge is 0.271 e. The average molecular weight is 600 g/mol. The summed E-state index contributed by atoms with van der Waals surface area (Å²) in [6.45, 7) is 16.2. The predicted octanol–water partition coefficient (Wildman–Crippen LogP) is 6.54. The molecular weight excluding hydrogens is 563 g/mol. The highest BCUT2D eigenvalue weighted by molar-refractivity contribution is 7.10. The number of aromatic hydroxyl groups is 1. The number of hydrogen-bond donors (Lipinski definition) is 2. The summed E-state index contributed by atoms with van der Waals surface area (Å²) in [6, 6.07) is 14.8. The Morgan fingerprint density at radius 1 is 1.00 bits per heavy atom. The Morgan fingerprint density at radius 2 is 1.64 bits per heavy atom. The molecule has 0 saturated heterocycles. The zero-order valence-corrected chi connectivity index (χ0v) is 27.0. The Bertz CT molecular complexity index is 1860. The van der Waals surface area contributed by atoms with Gasteiger partial charge in [0.05, 0.1) is 15.8 Å². The molecule has 1 amide bonds. The van der Waals surface area contributed by atoms with Crippen LogP contribution in [0.15, 0.2) is 75.0 Å². The summed E-state index contributed by atoms with van der Waals surface area (Å²) in [7, 11) is 0. The normalized spacial score (nSPS) is 15.9. The fourth-order valence-corrected chi connectivity index (χ4v) is 7.14. The third kappa shape index (κ3) is 5.53. The zero-order chi connectivity index (χ0) is 30.6. The summed E-state index contributed by atoms with van der Waals surface area (Å²) in [5.74, 6) is 0.0210. The minimum atomic E-state index is -0.595. The second-order valence-electron chi connectivity index (χ2n) is 12.8. The molecule has 0 aliphatic carbocycles. The van der Waals surface area contributed by atoms with Crippen molar-refractivity contribution in [2.24, 2.45) is 4.99 Å². The van der Waals surface area contributed by atoms with Gasteiger partial charge in [-0.1, -0.05) is 77.1 Å². The maximum absolute atomic E-state index is 14.1. The molecule has 5 rings (SSSR count). The molecule has 1 atom stereocenters. The molecule has 0 bridgehead atoms. The van der Waals surface area contributed by atoms with Crippen LogP contribution in [0.3, 0.4) is 0 Å². The summed E-state index contributed by atoms with van der Waals surface area (Å²) in [5.41, 5.74) is 4.43. The van der Waals surface area contributed by atoms with E-state index in [1.165, 1.54) is 22.7 Å². The molecule has 0 radical (unpaired) electrons. The first kappa shape index (κ1) is 29.7. The molecule has 0 fully saturated rings. The van der Waals surface area contributed by atoms with Gasteiger partial charge in [-0.25, -0.2) is 4.99 Å². The molecule has 42 heavy (non-hydrogen) atoms. The van der Waals surface area contributed by atoms with Crippen LogP contribution in [-0.4, -0.2) is 15.6 Å². The number of fused-ring (bicyclic) bond motifs is 1. The maximum atomic E-state index is 14.1. The molecule has 0 spiro atoms. The topological polar surface area (TPSA) is 83.7 Å². The van der Waals surface area contributed by atoms with Gasteiger partial charge in [0, 0.05) is 21.7 Å². The number of carbonyl (C=O) groups is 1. The van der Waals surface area contributed by atoms with Gasteiger partial charge in [-0.05, 0) is 71.5 Å². The number of phenols is 1. The van der Waals surface area contributed by atoms with E-state index >= 15 is 0 Å². The number of phenolic OH excluding ortho intramolecular Hbond substituents is 1. The number of rotatable bonds is 4. The van der Waals surface area contributed by atoms with E-state index in [9.17, 15) is 14.7 Å². The maximum Gasteiger partial charge on any atom is 0.271 e. The van der Waals surface area contributed by atoms with Crippen molar-refractivity contribution in [2.75, 3.05) is 5.32 Å². The van der Waals surface area contributed by atoms with Crippen molar-refractivity contribution in [2.45, 2.75) is 72.3 Å². The Balaban J connectivity index is 1.68. The highest BCUT2D eigenvalue weighted by atomic mass is 32.1. The minimum absolute atomic E-state index is 0.200. The number of amides is 1. The van der Waals surface area contributed by atoms with Crippen LogP contribution in [0.2, 0.25) is 0 Å². The Labute approximate surface area is 254 Å². The van der Waals surface area contributed by atoms with Gasteiger partial charge >= 0.3 is 0 Å². The first-order valence-corrected chi connectivity index (χ1v) is 15.7. The molecule has 0 saturated carbocycles. The van der Waals surface area contributed by atoms with Crippen molar-refractivity contribution in [1.82, 2.24) is 4.57 Å². The van der Waals surface area contributed by atoms with E-state index in [0.29, 0.717) is 26.4 Å². The van der Waals surface area contributed by atoms with Crippen LogP contribution in [-0.2, 0) is 15.6 Å². The summed E-state index contributed by atoms with van der Waals surface area (Å²) in [4.78, 5) is 34.1. The van der Waals surface area contributed by atoms with Crippen LogP contribution in [0.25, 0.3) is 6.08 Å². The summed E-state index contributed by atoms with van der Waals surface area (Å²) in [6.07, 6.45) is 1.88. The van der Waals surface area contributed by atoms with Gasteiger partial charge in [-0.15, -0.1) is 11.3 Å². The zero-order valence-electron chi connectivity index (χ0n) is 25.3. The number of aryl methyl sites for hydroxylation is 1. The van der Waals surface area contributed by atoms with E-state index in [1.807, 2.05) is 73.8 Å². The molecule has 3 heterocycles. The summed E-state index contributed by atoms with van der Waals surface area (Å²) in [5, 5.41) is 16.2. The number of para-hydroxylation sites is 1. The van der Waals surface area contributed by atoms with Gasteiger partial charge in [0.1, 0.15) is 11.8 Å². The minimum Gasteiger partial charge on any atom is -0.507 e. The number of thiazole rings is 1. The quantitative estimate of drug-likeness (QED) is 0.279. The highest BCUT2D eigenvalue weighted by Crippen LogP contribution is 2.40. The number of nitrogens with one attached hydrogen (secondary N) is 1. The van der Waals surface area contributed by atoms with Crippen LogP contribution in [0.5, 0.6) is 5.75 Å². The summed E-state index contributed by atoms with van der Waals surface area (Å²) < 4.78 is 2.17. The van der Waals surface area contributed by atoms with Crippen LogP contribution in [0.1, 0.15) is 81.6 Å². The van der Waals surface area contributed by atoms with Gasteiger partial charge in [0.25, 0.3) is 11.5 Å². The van der Waals surface area contributed by atoms with Crippen molar-refractivity contribution in [3.63, 3.8) is 0 Å². The number of allylic oxidation sites excluding steroid dienone is 1. The van der Waals surface area contributed by atoms with Crippen molar-refractivity contribution in [3.8, 4) is 5.75 Å². The fraction of sp³-hybridized carbons (Fsp3) is 0.324. The summed E-state index contributed by atoms with van der Waals surface area (Å²) >= 11 is 2.83. The molecule has 8 heteroatoms. The molecule has 2 aromatic heterocycles. The largest absolute Gasteiger partial charge is 0.507 e. The van der Waals surface area contributed by atoms with E-state index < -0.39 is 6.04 Å². The molecule has 4 aromatic rings. The number of aromatic nitrogens is 1. The third-order valence-electron chi connectivity index (χ3n) is 7.52. The van der Waals surface area contributed by atoms with E-state index in [-0.39, 0.29) is 22.3 Å². The molecule has 1 unspecified atom stereocenters. The SMILES string of the molecule is CC1=C(C(=O)Nc2ccccc2C)C(c2cccs2)n2c(s/c(=C/c3cc(C(C)(C)C)c(O)c(C(C)(C)C)c3)c2=O)=N1. The van der Waals surface area contributed by atoms with Crippen LogP contribution >= 0.6 is 22.7 Å². The van der Waals surface area contributed by atoms with Crippen LogP contribution < -0.4 is 20.2 Å². The van der Waals surface area contributed by atoms with Gasteiger partial charge < -0.3 is 10.4 Å².